The minimum atomic E-state index is -3.46. The largest absolute Gasteiger partial charge is 0.355 e. The Morgan fingerprint density at radius 3 is 2.65 bits per heavy atom. The second-order valence-electron chi connectivity index (χ2n) is 5.85. The van der Waals surface area contributed by atoms with Crippen LogP contribution in [0.3, 0.4) is 0 Å². The van der Waals surface area contributed by atoms with E-state index < -0.39 is 10.0 Å². The van der Waals surface area contributed by atoms with E-state index in [0.717, 1.165) is 10.6 Å². The summed E-state index contributed by atoms with van der Waals surface area (Å²) < 4.78 is 29.3. The zero-order valence-electron chi connectivity index (χ0n) is 15.3. The number of aliphatic imine (C=N–C) groups is 1. The van der Waals surface area contributed by atoms with E-state index in [0.29, 0.717) is 28.3 Å². The number of halogens is 1. The topological polar surface area (TPSA) is 78.7 Å². The summed E-state index contributed by atoms with van der Waals surface area (Å²) in [6.07, 6.45) is 1.85. The van der Waals surface area contributed by atoms with Gasteiger partial charge in [0.2, 0.25) is 10.0 Å². The lowest BCUT2D eigenvalue weighted by Gasteiger charge is -2.22. The van der Waals surface area contributed by atoms with Gasteiger partial charge in [-0.15, -0.1) is 11.3 Å². The molecule has 0 bridgehead atoms. The van der Waals surface area contributed by atoms with Crippen molar-refractivity contribution in [2.24, 2.45) is 12.0 Å². The van der Waals surface area contributed by atoms with Crippen LogP contribution < -0.4 is 10.0 Å². The standard InChI is InChI=1S/C16H24ClN5O2S2/c1-12-5-6-15(25-12)26(23,24)20-8-7-19-16(18-2)22(4)11-14-9-13(17)10-21(14)3/h5-6,9-10,20H,7-8,11H2,1-4H3,(H,18,19). The molecule has 0 radical (unpaired) electrons. The number of nitrogens with one attached hydrogen (secondary N) is 2. The van der Waals surface area contributed by atoms with E-state index in [1.165, 1.54) is 11.3 Å². The molecule has 0 aliphatic heterocycles. The Morgan fingerprint density at radius 1 is 1.38 bits per heavy atom. The first-order chi connectivity index (χ1) is 12.2. The molecular weight excluding hydrogens is 394 g/mol. The highest BCUT2D eigenvalue weighted by atomic mass is 35.5. The van der Waals surface area contributed by atoms with Gasteiger partial charge in [0.25, 0.3) is 0 Å². The van der Waals surface area contributed by atoms with E-state index in [9.17, 15) is 8.42 Å². The van der Waals surface area contributed by atoms with Gasteiger partial charge in [-0.2, -0.15) is 0 Å². The average Bonchev–Trinajstić information content (AvgIpc) is 3.13. The third-order valence-corrected chi connectivity index (χ3v) is 6.89. The van der Waals surface area contributed by atoms with Crippen molar-refractivity contribution in [1.82, 2.24) is 19.5 Å². The van der Waals surface area contributed by atoms with Gasteiger partial charge in [-0.05, 0) is 25.1 Å². The van der Waals surface area contributed by atoms with Gasteiger partial charge in [-0.1, -0.05) is 11.6 Å². The van der Waals surface area contributed by atoms with Gasteiger partial charge in [0.05, 0.1) is 11.6 Å². The van der Waals surface area contributed by atoms with Crippen LogP contribution in [0.4, 0.5) is 0 Å². The summed E-state index contributed by atoms with van der Waals surface area (Å²) in [7, 11) is 2.08. The van der Waals surface area contributed by atoms with Crippen LogP contribution in [0.1, 0.15) is 10.6 Å². The molecule has 7 nitrogen and oxygen atoms in total. The Balaban J connectivity index is 1.84. The van der Waals surface area contributed by atoms with Crippen LogP contribution in [0.5, 0.6) is 0 Å². The molecule has 0 fully saturated rings. The number of aromatic nitrogens is 1. The zero-order chi connectivity index (χ0) is 19.3. The number of aryl methyl sites for hydroxylation is 2. The van der Waals surface area contributed by atoms with Crippen LogP contribution in [0.2, 0.25) is 5.02 Å². The lowest BCUT2D eigenvalue weighted by molar-refractivity contribution is 0.462. The minimum Gasteiger partial charge on any atom is -0.355 e. The quantitative estimate of drug-likeness (QED) is 0.410. The van der Waals surface area contributed by atoms with Crippen molar-refractivity contribution >= 4 is 38.9 Å². The highest BCUT2D eigenvalue weighted by molar-refractivity contribution is 7.91. The van der Waals surface area contributed by atoms with Gasteiger partial charge in [-0.3, -0.25) is 4.99 Å². The number of sulfonamides is 1. The molecule has 26 heavy (non-hydrogen) atoms. The summed E-state index contributed by atoms with van der Waals surface area (Å²) in [6.45, 7) is 3.20. The van der Waals surface area contributed by atoms with E-state index >= 15 is 0 Å². The number of thiophene rings is 1. The van der Waals surface area contributed by atoms with Crippen LogP contribution in [-0.4, -0.2) is 51.0 Å². The van der Waals surface area contributed by atoms with E-state index in [1.807, 2.05) is 42.7 Å². The minimum absolute atomic E-state index is 0.266. The molecule has 2 N–H and O–H groups in total. The Morgan fingerprint density at radius 2 is 2.12 bits per heavy atom. The van der Waals surface area contributed by atoms with E-state index in [4.69, 9.17) is 11.6 Å². The van der Waals surface area contributed by atoms with E-state index in [2.05, 4.69) is 15.0 Å². The highest BCUT2D eigenvalue weighted by Gasteiger charge is 2.15. The number of guanidine groups is 1. The molecule has 2 heterocycles. The molecular formula is C16H24ClN5O2S2. The molecule has 0 aliphatic carbocycles. The Hall–Kier alpha value is -1.55. The summed E-state index contributed by atoms with van der Waals surface area (Å²) in [5.41, 5.74) is 1.05. The third-order valence-electron chi connectivity index (χ3n) is 3.73. The van der Waals surface area contributed by atoms with Crippen LogP contribution >= 0.6 is 22.9 Å². The van der Waals surface area contributed by atoms with Gasteiger partial charge in [-0.25, -0.2) is 13.1 Å². The van der Waals surface area contributed by atoms with Gasteiger partial charge >= 0.3 is 0 Å². The fourth-order valence-electron chi connectivity index (χ4n) is 2.41. The number of nitrogens with zero attached hydrogens (tertiary/aromatic N) is 3. The summed E-state index contributed by atoms with van der Waals surface area (Å²) in [5.74, 6) is 0.675. The molecule has 0 spiro atoms. The molecule has 0 aromatic carbocycles. The molecule has 144 valence electrons. The fourth-order valence-corrected chi connectivity index (χ4v) is 5.05. The summed E-state index contributed by atoms with van der Waals surface area (Å²) in [6, 6.07) is 5.32. The molecule has 0 saturated carbocycles. The smallest absolute Gasteiger partial charge is 0.250 e. The van der Waals surface area contributed by atoms with Crippen LogP contribution in [0.15, 0.2) is 33.6 Å². The molecule has 10 heteroatoms. The maximum Gasteiger partial charge on any atom is 0.250 e. The number of rotatable bonds is 7. The van der Waals surface area contributed by atoms with Crippen LogP contribution in [0.25, 0.3) is 0 Å². The highest BCUT2D eigenvalue weighted by Crippen LogP contribution is 2.20. The molecule has 0 saturated heterocycles. The fraction of sp³-hybridized carbons (Fsp3) is 0.438. The van der Waals surface area contributed by atoms with Crippen molar-refractivity contribution in [1.29, 1.82) is 0 Å². The lowest BCUT2D eigenvalue weighted by atomic mass is 10.4. The SMILES string of the molecule is CN=C(NCCNS(=O)(=O)c1ccc(C)s1)N(C)Cc1cc(Cl)cn1C. The first-order valence-electron chi connectivity index (χ1n) is 8.01. The Labute approximate surface area is 163 Å². The maximum absolute atomic E-state index is 12.2. The number of hydrogen-bond donors (Lipinski definition) is 2. The van der Waals surface area contributed by atoms with E-state index in [-0.39, 0.29) is 6.54 Å². The molecule has 2 aromatic rings. The van der Waals surface area contributed by atoms with Gasteiger partial charge in [0.15, 0.2) is 5.96 Å². The summed E-state index contributed by atoms with van der Waals surface area (Å²) in [4.78, 5) is 7.14. The average molecular weight is 418 g/mol. The Kier molecular flexibility index (Phi) is 7.10. The molecule has 0 aliphatic rings. The summed E-state index contributed by atoms with van der Waals surface area (Å²) in [5, 5.41) is 3.85. The zero-order valence-corrected chi connectivity index (χ0v) is 17.7. The monoisotopic (exact) mass is 417 g/mol. The number of hydrogen-bond acceptors (Lipinski definition) is 4. The lowest BCUT2D eigenvalue weighted by Crippen LogP contribution is -2.42. The van der Waals surface area contributed by atoms with Crippen molar-refractivity contribution < 1.29 is 8.42 Å². The van der Waals surface area contributed by atoms with Crippen molar-refractivity contribution in [2.75, 3.05) is 27.2 Å². The molecule has 2 rings (SSSR count). The van der Waals surface area contributed by atoms with Gasteiger partial charge in [0, 0.05) is 51.0 Å². The first-order valence-corrected chi connectivity index (χ1v) is 10.7. The first kappa shape index (κ1) is 20.8. The Bertz CT molecular complexity index is 873. The second-order valence-corrected chi connectivity index (χ2v) is 9.57. The van der Waals surface area contributed by atoms with E-state index in [1.54, 1.807) is 19.2 Å². The normalized spacial score (nSPS) is 12.4. The predicted octanol–water partition coefficient (Wildman–Crippen LogP) is 2.03. The predicted molar refractivity (Wildman–Crippen MR) is 107 cm³/mol. The van der Waals surface area contributed by atoms with Crippen molar-refractivity contribution in [3.63, 3.8) is 0 Å². The van der Waals surface area contributed by atoms with Crippen molar-refractivity contribution in [3.8, 4) is 0 Å². The van der Waals surface area contributed by atoms with Crippen LogP contribution in [0, 0.1) is 6.92 Å². The second kappa shape index (κ2) is 8.90. The molecule has 2 aromatic heterocycles. The van der Waals surface area contributed by atoms with Crippen LogP contribution in [-0.2, 0) is 23.6 Å². The molecule has 0 amide bonds. The van der Waals surface area contributed by atoms with Gasteiger partial charge in [0.1, 0.15) is 4.21 Å². The van der Waals surface area contributed by atoms with Crippen molar-refractivity contribution in [2.45, 2.75) is 17.7 Å². The molecule has 0 unspecified atom stereocenters. The van der Waals surface area contributed by atoms with Crippen molar-refractivity contribution in [3.05, 3.63) is 40.0 Å². The van der Waals surface area contributed by atoms with Gasteiger partial charge < -0.3 is 14.8 Å². The summed E-state index contributed by atoms with van der Waals surface area (Å²) >= 11 is 7.27. The molecule has 0 atom stereocenters. The third kappa shape index (κ3) is 5.47. The maximum atomic E-state index is 12.2.